The smallest absolute Gasteiger partial charge is 0.481 e. The maximum Gasteiger partial charge on any atom is 0.522 e. The summed E-state index contributed by atoms with van der Waals surface area (Å²) in [5.41, 5.74) is -5.53. The first kappa shape index (κ1) is 20.5. The summed E-state index contributed by atoms with van der Waals surface area (Å²) in [4.78, 5) is 9.00. The third-order valence-electron chi connectivity index (χ3n) is 0.392. The van der Waals surface area contributed by atoms with E-state index in [1.165, 1.54) is 0 Å². The Morgan fingerprint density at radius 2 is 1.31 bits per heavy atom. The van der Waals surface area contributed by atoms with Crippen LogP contribution in [-0.4, -0.2) is 53.0 Å². The maximum atomic E-state index is 10.7. The second-order valence-corrected chi connectivity index (χ2v) is 3.30. The molecular weight excluding hydrogens is 261 g/mol. The van der Waals surface area contributed by atoms with Crippen molar-refractivity contribution in [3.63, 3.8) is 0 Å². The van der Waals surface area contributed by atoms with E-state index in [2.05, 4.69) is 0 Å². The monoisotopic (exact) mass is 272 g/mol. The SMILES string of the molecule is CC(=O)O.O=S(=O)(O)C(F)(F)F.OCCO. The van der Waals surface area contributed by atoms with Crippen LogP contribution in [-0.2, 0) is 14.9 Å². The first-order chi connectivity index (χ1) is 6.90. The highest BCUT2D eigenvalue weighted by Gasteiger charge is 2.44. The van der Waals surface area contributed by atoms with Crippen LogP contribution in [0.4, 0.5) is 13.2 Å². The summed E-state index contributed by atoms with van der Waals surface area (Å²) in [5.74, 6) is -0.833. The minimum absolute atomic E-state index is 0.125. The number of alkyl halides is 3. The molecule has 0 aliphatic carbocycles. The third kappa shape index (κ3) is 23.2. The Labute approximate surface area is 88.9 Å². The van der Waals surface area contributed by atoms with Gasteiger partial charge < -0.3 is 15.3 Å². The van der Waals surface area contributed by atoms with Crippen LogP contribution >= 0.6 is 0 Å². The van der Waals surface area contributed by atoms with Crippen molar-refractivity contribution in [2.45, 2.75) is 12.4 Å². The van der Waals surface area contributed by atoms with Crippen LogP contribution in [0.25, 0.3) is 0 Å². The van der Waals surface area contributed by atoms with Gasteiger partial charge in [0, 0.05) is 6.92 Å². The number of carboxylic acids is 1. The van der Waals surface area contributed by atoms with Gasteiger partial charge in [-0.05, 0) is 0 Å². The Kier molecular flexibility index (Phi) is 11.9. The molecule has 0 rings (SSSR count). The highest BCUT2D eigenvalue weighted by Crippen LogP contribution is 2.20. The summed E-state index contributed by atoms with van der Waals surface area (Å²) in [6, 6.07) is 0. The Morgan fingerprint density at radius 3 is 1.31 bits per heavy atom. The number of aliphatic carboxylic acids is 1. The average molecular weight is 272 g/mol. The van der Waals surface area contributed by atoms with E-state index in [1.807, 2.05) is 0 Å². The number of aliphatic hydroxyl groups excluding tert-OH is 2. The van der Waals surface area contributed by atoms with Crippen LogP contribution in [0.2, 0.25) is 0 Å². The van der Waals surface area contributed by atoms with Gasteiger partial charge in [0.1, 0.15) is 0 Å². The number of rotatable bonds is 1. The molecule has 0 aliphatic rings. The Bertz CT molecular complexity index is 264. The molecule has 0 aliphatic heterocycles. The van der Waals surface area contributed by atoms with E-state index >= 15 is 0 Å². The number of halogens is 3. The molecule has 0 unspecified atom stereocenters. The summed E-state index contributed by atoms with van der Waals surface area (Å²) in [7, 11) is -5.84. The van der Waals surface area contributed by atoms with Gasteiger partial charge in [-0.1, -0.05) is 0 Å². The van der Waals surface area contributed by atoms with Gasteiger partial charge in [-0.15, -0.1) is 0 Å². The largest absolute Gasteiger partial charge is 0.522 e. The molecule has 0 fully saturated rings. The lowest BCUT2D eigenvalue weighted by molar-refractivity contribution is -0.134. The molecule has 0 radical (unpaired) electrons. The third-order valence-corrected chi connectivity index (χ3v) is 0.977. The lowest BCUT2D eigenvalue weighted by Crippen LogP contribution is -2.21. The van der Waals surface area contributed by atoms with Crippen LogP contribution in [0.1, 0.15) is 6.92 Å². The highest BCUT2D eigenvalue weighted by atomic mass is 32.2. The minimum Gasteiger partial charge on any atom is -0.481 e. The van der Waals surface area contributed by atoms with Crippen molar-refractivity contribution in [2.24, 2.45) is 0 Å². The van der Waals surface area contributed by atoms with Crippen LogP contribution in [0.15, 0.2) is 0 Å². The lowest BCUT2D eigenvalue weighted by atomic mass is 10.8. The fourth-order valence-electron chi connectivity index (χ4n) is 0. The number of hydrogen-bond acceptors (Lipinski definition) is 5. The zero-order valence-corrected chi connectivity index (χ0v) is 8.79. The van der Waals surface area contributed by atoms with Crippen molar-refractivity contribution in [1.82, 2.24) is 0 Å². The molecule has 16 heavy (non-hydrogen) atoms. The van der Waals surface area contributed by atoms with Gasteiger partial charge in [0.05, 0.1) is 13.2 Å². The van der Waals surface area contributed by atoms with E-state index in [1.54, 1.807) is 0 Å². The average Bonchev–Trinajstić information content (AvgIpc) is 2.00. The summed E-state index contributed by atoms with van der Waals surface area (Å²) in [6.45, 7) is 0.833. The van der Waals surface area contributed by atoms with Crippen molar-refractivity contribution in [2.75, 3.05) is 13.2 Å². The predicted octanol–water partition coefficient (Wildman–Crippen LogP) is -0.544. The Morgan fingerprint density at radius 1 is 1.19 bits per heavy atom. The zero-order valence-electron chi connectivity index (χ0n) is 7.97. The number of carboxylic acid groups (broad SMARTS) is 1. The molecule has 11 heteroatoms. The van der Waals surface area contributed by atoms with E-state index in [9.17, 15) is 13.2 Å². The summed E-state index contributed by atoms with van der Waals surface area (Å²) >= 11 is 0. The highest BCUT2D eigenvalue weighted by molar-refractivity contribution is 7.86. The summed E-state index contributed by atoms with van der Waals surface area (Å²) in [5, 5.41) is 22.7. The van der Waals surface area contributed by atoms with E-state index in [0.717, 1.165) is 6.92 Å². The molecule has 0 saturated carbocycles. The molecule has 0 aromatic rings. The fraction of sp³-hybridized carbons (Fsp3) is 0.800. The molecule has 0 amide bonds. The fourth-order valence-corrected chi connectivity index (χ4v) is 0. The lowest BCUT2D eigenvalue weighted by Gasteiger charge is -1.97. The number of aliphatic hydroxyl groups is 2. The van der Waals surface area contributed by atoms with Gasteiger partial charge in [0.25, 0.3) is 5.97 Å². The van der Waals surface area contributed by atoms with Crippen molar-refractivity contribution in [3.05, 3.63) is 0 Å². The molecule has 0 atom stereocenters. The molecule has 100 valence electrons. The van der Waals surface area contributed by atoms with Crippen molar-refractivity contribution in [3.8, 4) is 0 Å². The Hall–Kier alpha value is -0.910. The van der Waals surface area contributed by atoms with Gasteiger partial charge >= 0.3 is 15.6 Å². The number of carbonyl (C=O) groups is 1. The molecule has 0 heterocycles. The topological polar surface area (TPSA) is 132 Å². The Balaban J connectivity index is -0.000000179. The molecular formula is C5H11F3O7S. The van der Waals surface area contributed by atoms with Crippen LogP contribution < -0.4 is 0 Å². The normalized spacial score (nSPS) is 10.4. The van der Waals surface area contributed by atoms with Crippen LogP contribution in [0.5, 0.6) is 0 Å². The second-order valence-electron chi connectivity index (χ2n) is 1.89. The minimum atomic E-state index is -5.84. The van der Waals surface area contributed by atoms with Gasteiger partial charge in [0.2, 0.25) is 0 Å². The zero-order chi connectivity index (χ0) is 14.0. The quantitative estimate of drug-likeness (QED) is 0.372. The second kappa shape index (κ2) is 9.33. The van der Waals surface area contributed by atoms with E-state index in [0.29, 0.717) is 0 Å². The molecule has 0 bridgehead atoms. The van der Waals surface area contributed by atoms with Crippen LogP contribution in [0, 0.1) is 0 Å². The van der Waals surface area contributed by atoms with E-state index in [4.69, 9.17) is 33.1 Å². The van der Waals surface area contributed by atoms with Crippen molar-refractivity contribution in [1.29, 1.82) is 0 Å². The predicted molar refractivity (Wildman–Crippen MR) is 45.1 cm³/mol. The molecule has 0 aromatic carbocycles. The first-order valence-corrected chi connectivity index (χ1v) is 4.79. The van der Waals surface area contributed by atoms with E-state index < -0.39 is 21.6 Å². The van der Waals surface area contributed by atoms with E-state index in [-0.39, 0.29) is 13.2 Å². The first-order valence-electron chi connectivity index (χ1n) is 3.35. The summed E-state index contributed by atoms with van der Waals surface area (Å²) in [6.07, 6.45) is 0. The molecule has 0 saturated heterocycles. The standard InChI is InChI=1S/C2H4O2.C2H6O2.CHF3O3S/c1-2(3)4;3-1-2-4;2-1(3,4)8(5,6)7/h1H3,(H,3,4);3-4H,1-2H2;(H,5,6,7). The molecule has 7 nitrogen and oxygen atoms in total. The van der Waals surface area contributed by atoms with Crippen molar-refractivity contribution >= 4 is 16.1 Å². The van der Waals surface area contributed by atoms with Gasteiger partial charge in [0.15, 0.2) is 0 Å². The number of hydrogen-bond donors (Lipinski definition) is 4. The molecule has 0 aromatic heterocycles. The van der Waals surface area contributed by atoms with Crippen molar-refractivity contribution < 1.29 is 46.3 Å². The van der Waals surface area contributed by atoms with Crippen LogP contribution in [0.3, 0.4) is 0 Å². The summed E-state index contributed by atoms with van der Waals surface area (Å²) < 4.78 is 57.5. The van der Waals surface area contributed by atoms with Gasteiger partial charge in [-0.2, -0.15) is 21.6 Å². The molecule has 0 spiro atoms. The maximum absolute atomic E-state index is 10.7. The van der Waals surface area contributed by atoms with Gasteiger partial charge in [-0.3, -0.25) is 9.35 Å². The van der Waals surface area contributed by atoms with Gasteiger partial charge in [-0.25, -0.2) is 0 Å². The molecule has 4 N–H and O–H groups in total.